The minimum Gasteiger partial charge on any atom is -0.454 e. The van der Waals surface area contributed by atoms with E-state index < -0.39 is 5.91 Å². The van der Waals surface area contributed by atoms with Crippen LogP contribution in [0.5, 0.6) is 0 Å². The lowest BCUT2D eigenvalue weighted by atomic mass is 10.4. The Balaban J connectivity index is 1.97. The number of aryl methyl sites for hydroxylation is 1. The average molecular weight is 232 g/mol. The van der Waals surface area contributed by atoms with Crippen LogP contribution in [0.2, 0.25) is 0 Å². The Morgan fingerprint density at radius 2 is 2.12 bits per heavy atom. The lowest BCUT2D eigenvalue weighted by molar-refractivity contribution is 0.0972. The van der Waals surface area contributed by atoms with Gasteiger partial charge in [-0.3, -0.25) is 4.79 Å². The van der Waals surface area contributed by atoms with E-state index in [4.69, 9.17) is 10.2 Å². The number of hydrogen-bond donors (Lipinski definition) is 2. The Kier molecular flexibility index (Phi) is 3.04. The first-order valence-electron chi connectivity index (χ1n) is 5.06. The topological polar surface area (TPSA) is 94.0 Å². The molecular weight excluding hydrogens is 220 g/mol. The van der Waals surface area contributed by atoms with E-state index in [1.165, 1.54) is 6.07 Å². The fourth-order valence-corrected chi connectivity index (χ4v) is 1.26. The minimum absolute atomic E-state index is 0.145. The summed E-state index contributed by atoms with van der Waals surface area (Å²) < 4.78 is 5.20. The summed E-state index contributed by atoms with van der Waals surface area (Å²) in [5.41, 5.74) is 6.06. The summed E-state index contributed by atoms with van der Waals surface area (Å²) in [5, 5.41) is 2.97. The molecule has 3 N–H and O–H groups in total. The standard InChI is InChI=1S/C11H12N4O2/c1-7-4-13-11(14-5-7)15-6-8-2-3-9(17-8)10(12)16/h2-5H,6H2,1H3,(H2,12,16)(H,13,14,15). The van der Waals surface area contributed by atoms with Gasteiger partial charge in [0.2, 0.25) is 5.95 Å². The van der Waals surface area contributed by atoms with Crippen molar-refractivity contribution in [2.24, 2.45) is 5.73 Å². The molecule has 6 heteroatoms. The maximum atomic E-state index is 10.8. The van der Waals surface area contributed by atoms with Crippen molar-refractivity contribution in [3.05, 3.63) is 41.6 Å². The summed E-state index contributed by atoms with van der Waals surface area (Å²) in [6.45, 7) is 2.31. The Morgan fingerprint density at radius 3 is 2.71 bits per heavy atom. The van der Waals surface area contributed by atoms with Crippen molar-refractivity contribution in [3.8, 4) is 0 Å². The normalized spacial score (nSPS) is 10.2. The summed E-state index contributed by atoms with van der Waals surface area (Å²) in [5.74, 6) is 0.671. The number of hydrogen-bond acceptors (Lipinski definition) is 5. The molecule has 17 heavy (non-hydrogen) atoms. The Hall–Kier alpha value is -2.37. The van der Waals surface area contributed by atoms with E-state index in [1.54, 1.807) is 18.5 Å². The Labute approximate surface area is 97.9 Å². The van der Waals surface area contributed by atoms with Gasteiger partial charge in [-0.25, -0.2) is 9.97 Å². The zero-order chi connectivity index (χ0) is 12.3. The van der Waals surface area contributed by atoms with Crippen molar-refractivity contribution in [3.63, 3.8) is 0 Å². The highest BCUT2D eigenvalue weighted by Crippen LogP contribution is 2.09. The van der Waals surface area contributed by atoms with Gasteiger partial charge in [-0.1, -0.05) is 0 Å². The lowest BCUT2D eigenvalue weighted by Crippen LogP contribution is -2.09. The van der Waals surface area contributed by atoms with Crippen molar-refractivity contribution in [2.45, 2.75) is 13.5 Å². The number of anilines is 1. The fourth-order valence-electron chi connectivity index (χ4n) is 1.26. The third kappa shape index (κ3) is 2.81. The van der Waals surface area contributed by atoms with Crippen molar-refractivity contribution >= 4 is 11.9 Å². The molecule has 6 nitrogen and oxygen atoms in total. The second-order valence-electron chi connectivity index (χ2n) is 3.57. The number of aromatic nitrogens is 2. The summed E-state index contributed by atoms with van der Waals surface area (Å²) >= 11 is 0. The Morgan fingerprint density at radius 1 is 1.41 bits per heavy atom. The molecule has 1 amide bonds. The molecule has 0 fully saturated rings. The predicted molar refractivity (Wildman–Crippen MR) is 61.3 cm³/mol. The highest BCUT2D eigenvalue weighted by molar-refractivity contribution is 5.89. The first kappa shape index (κ1) is 11.1. The van der Waals surface area contributed by atoms with Gasteiger partial charge in [0.1, 0.15) is 5.76 Å². The minimum atomic E-state index is -0.581. The third-order valence-electron chi connectivity index (χ3n) is 2.11. The zero-order valence-electron chi connectivity index (χ0n) is 9.30. The molecule has 0 saturated heterocycles. The van der Waals surface area contributed by atoms with Crippen LogP contribution in [0.25, 0.3) is 0 Å². The number of rotatable bonds is 4. The summed E-state index contributed by atoms with van der Waals surface area (Å²) in [4.78, 5) is 19.0. The fraction of sp³-hybridized carbons (Fsp3) is 0.182. The highest BCUT2D eigenvalue weighted by Gasteiger charge is 2.06. The highest BCUT2D eigenvalue weighted by atomic mass is 16.3. The van der Waals surface area contributed by atoms with Gasteiger partial charge in [-0.2, -0.15) is 0 Å². The van der Waals surface area contributed by atoms with E-state index >= 15 is 0 Å². The van der Waals surface area contributed by atoms with Crippen LogP contribution in [0, 0.1) is 6.92 Å². The molecule has 0 unspecified atom stereocenters. The summed E-state index contributed by atoms with van der Waals surface area (Å²) in [7, 11) is 0. The maximum absolute atomic E-state index is 10.8. The Bertz CT molecular complexity index is 519. The molecule has 2 rings (SSSR count). The van der Waals surface area contributed by atoms with Gasteiger partial charge in [0, 0.05) is 12.4 Å². The average Bonchev–Trinajstić information content (AvgIpc) is 2.77. The lowest BCUT2D eigenvalue weighted by Gasteiger charge is -2.01. The zero-order valence-corrected chi connectivity index (χ0v) is 9.30. The number of carbonyl (C=O) groups excluding carboxylic acids is 1. The second-order valence-corrected chi connectivity index (χ2v) is 3.57. The van der Waals surface area contributed by atoms with Crippen LogP contribution in [0.3, 0.4) is 0 Å². The molecule has 2 aromatic rings. The molecule has 0 saturated carbocycles. The third-order valence-corrected chi connectivity index (χ3v) is 2.11. The molecule has 0 radical (unpaired) electrons. The van der Waals surface area contributed by atoms with Gasteiger partial charge in [0.05, 0.1) is 6.54 Å². The van der Waals surface area contributed by atoms with Crippen LogP contribution in [-0.4, -0.2) is 15.9 Å². The van der Waals surface area contributed by atoms with Crippen LogP contribution in [-0.2, 0) is 6.54 Å². The SMILES string of the molecule is Cc1cnc(NCc2ccc(C(N)=O)o2)nc1. The van der Waals surface area contributed by atoms with Crippen molar-refractivity contribution in [1.29, 1.82) is 0 Å². The van der Waals surface area contributed by atoms with Crippen LogP contribution in [0.1, 0.15) is 21.9 Å². The van der Waals surface area contributed by atoms with Crippen molar-refractivity contribution < 1.29 is 9.21 Å². The quantitative estimate of drug-likeness (QED) is 0.822. The first-order valence-corrected chi connectivity index (χ1v) is 5.06. The molecule has 2 aromatic heterocycles. The van der Waals surface area contributed by atoms with E-state index in [9.17, 15) is 4.79 Å². The molecule has 0 aliphatic carbocycles. The van der Waals surface area contributed by atoms with E-state index in [2.05, 4.69) is 15.3 Å². The molecule has 0 aliphatic rings. The smallest absolute Gasteiger partial charge is 0.284 e. The summed E-state index contributed by atoms with van der Waals surface area (Å²) in [6, 6.07) is 3.22. The number of nitrogens with two attached hydrogens (primary N) is 1. The van der Waals surface area contributed by atoms with Gasteiger partial charge < -0.3 is 15.5 Å². The van der Waals surface area contributed by atoms with E-state index in [0.29, 0.717) is 18.3 Å². The van der Waals surface area contributed by atoms with Crippen molar-refractivity contribution in [1.82, 2.24) is 9.97 Å². The van der Waals surface area contributed by atoms with Gasteiger partial charge in [-0.15, -0.1) is 0 Å². The van der Waals surface area contributed by atoms with Gasteiger partial charge in [-0.05, 0) is 24.6 Å². The maximum Gasteiger partial charge on any atom is 0.284 e. The van der Waals surface area contributed by atoms with Gasteiger partial charge in [0.25, 0.3) is 5.91 Å². The van der Waals surface area contributed by atoms with Crippen molar-refractivity contribution in [2.75, 3.05) is 5.32 Å². The number of carbonyl (C=O) groups is 1. The number of nitrogens with zero attached hydrogens (tertiary/aromatic N) is 2. The molecule has 88 valence electrons. The van der Waals surface area contributed by atoms with Crippen LogP contribution < -0.4 is 11.1 Å². The van der Waals surface area contributed by atoms with E-state index in [-0.39, 0.29) is 5.76 Å². The number of primary amides is 1. The largest absolute Gasteiger partial charge is 0.454 e. The second kappa shape index (κ2) is 4.65. The van der Waals surface area contributed by atoms with E-state index in [0.717, 1.165) is 5.56 Å². The van der Waals surface area contributed by atoms with Crippen LogP contribution in [0.15, 0.2) is 28.9 Å². The number of furan rings is 1. The van der Waals surface area contributed by atoms with Gasteiger partial charge >= 0.3 is 0 Å². The first-order chi connectivity index (χ1) is 8.15. The molecule has 0 bridgehead atoms. The number of nitrogens with one attached hydrogen (secondary N) is 1. The van der Waals surface area contributed by atoms with Gasteiger partial charge in [0.15, 0.2) is 5.76 Å². The number of amides is 1. The van der Waals surface area contributed by atoms with E-state index in [1.807, 2.05) is 6.92 Å². The molecule has 0 aromatic carbocycles. The molecule has 2 heterocycles. The molecule has 0 atom stereocenters. The molecule has 0 aliphatic heterocycles. The molecule has 0 spiro atoms. The van der Waals surface area contributed by atoms with Crippen LogP contribution in [0.4, 0.5) is 5.95 Å². The summed E-state index contributed by atoms with van der Waals surface area (Å²) in [6.07, 6.45) is 3.43. The predicted octanol–water partition coefficient (Wildman–Crippen LogP) is 1.09. The van der Waals surface area contributed by atoms with Crippen LogP contribution >= 0.6 is 0 Å². The monoisotopic (exact) mass is 232 g/mol. The molecular formula is C11H12N4O2.